The Morgan fingerprint density at radius 1 is 0.958 bits per heavy atom. The molecule has 0 aliphatic heterocycles. The summed E-state index contributed by atoms with van der Waals surface area (Å²) >= 11 is 0. The highest BCUT2D eigenvalue weighted by Gasteiger charge is 2.09. The highest BCUT2D eigenvalue weighted by Crippen LogP contribution is 2.19. The van der Waals surface area contributed by atoms with E-state index in [1.54, 1.807) is 55.6 Å². The first kappa shape index (κ1) is 17.6. The third-order valence-electron chi connectivity index (χ3n) is 3.43. The van der Waals surface area contributed by atoms with Crippen LogP contribution in [0.1, 0.15) is 29.6 Å². The number of esters is 1. The molecular weight excluding hydrogens is 304 g/mol. The van der Waals surface area contributed by atoms with Crippen molar-refractivity contribution >= 4 is 5.97 Å². The molecule has 0 spiro atoms. The molecule has 2 rings (SSSR count). The number of allylic oxidation sites excluding steroid dienone is 1. The number of hydrogen-bond acceptors (Lipinski definition) is 4. The molecule has 0 atom stereocenters. The smallest absolute Gasteiger partial charge is 0.343 e. The number of hydrogen-bond donors (Lipinski definition) is 0. The fourth-order valence-corrected chi connectivity index (χ4v) is 2.08. The fraction of sp³-hybridized carbons (Fsp3) is 0.250. The van der Waals surface area contributed by atoms with Crippen LogP contribution in [-0.4, -0.2) is 19.7 Å². The molecule has 0 radical (unpaired) electrons. The van der Waals surface area contributed by atoms with Crippen molar-refractivity contribution in [2.75, 3.05) is 13.7 Å². The minimum atomic E-state index is -0.405. The van der Waals surface area contributed by atoms with Gasteiger partial charge in [0.2, 0.25) is 0 Å². The summed E-state index contributed by atoms with van der Waals surface area (Å²) in [6, 6.07) is 13.8. The number of benzene rings is 2. The van der Waals surface area contributed by atoms with Gasteiger partial charge in [-0.25, -0.2) is 4.79 Å². The lowest BCUT2D eigenvalue weighted by Crippen LogP contribution is -2.08. The summed E-state index contributed by atoms with van der Waals surface area (Å²) in [6.07, 6.45) is 4.95. The van der Waals surface area contributed by atoms with Gasteiger partial charge in [0.15, 0.2) is 0 Å². The summed E-state index contributed by atoms with van der Waals surface area (Å²) in [5, 5.41) is 0. The van der Waals surface area contributed by atoms with Gasteiger partial charge in [0.25, 0.3) is 0 Å². The Morgan fingerprint density at radius 3 is 2.21 bits per heavy atom. The van der Waals surface area contributed by atoms with E-state index >= 15 is 0 Å². The molecule has 4 nitrogen and oxygen atoms in total. The molecular formula is C20H22O4. The van der Waals surface area contributed by atoms with Gasteiger partial charge in [0, 0.05) is 0 Å². The monoisotopic (exact) mass is 326 g/mol. The summed E-state index contributed by atoms with van der Waals surface area (Å²) in [6.45, 7) is 4.35. The topological polar surface area (TPSA) is 44.8 Å². The number of methoxy groups -OCH3 is 1. The van der Waals surface area contributed by atoms with Gasteiger partial charge in [-0.1, -0.05) is 6.08 Å². The molecule has 2 aromatic rings. The van der Waals surface area contributed by atoms with Gasteiger partial charge in [-0.15, -0.1) is 6.58 Å². The largest absolute Gasteiger partial charge is 0.497 e. The second kappa shape index (κ2) is 9.40. The molecule has 0 unspecified atom stereocenters. The first-order valence-electron chi connectivity index (χ1n) is 7.93. The van der Waals surface area contributed by atoms with E-state index in [9.17, 15) is 4.79 Å². The molecule has 0 fully saturated rings. The molecule has 24 heavy (non-hydrogen) atoms. The Hall–Kier alpha value is -2.75. The minimum absolute atomic E-state index is 0.405. The zero-order valence-corrected chi connectivity index (χ0v) is 13.9. The molecule has 0 aromatic heterocycles. The van der Waals surface area contributed by atoms with Gasteiger partial charge < -0.3 is 14.2 Å². The van der Waals surface area contributed by atoms with Crippen LogP contribution < -0.4 is 14.2 Å². The number of carbonyl (C=O) groups is 1. The Balaban J connectivity index is 1.84. The van der Waals surface area contributed by atoms with E-state index in [1.165, 1.54) is 0 Å². The predicted octanol–water partition coefficient (Wildman–Crippen LogP) is 4.65. The molecule has 4 heteroatoms. The maximum Gasteiger partial charge on any atom is 0.343 e. The molecule has 0 heterocycles. The van der Waals surface area contributed by atoms with Gasteiger partial charge in [-0.05, 0) is 67.8 Å². The van der Waals surface area contributed by atoms with Gasteiger partial charge in [-0.2, -0.15) is 0 Å². The molecule has 0 N–H and O–H groups in total. The van der Waals surface area contributed by atoms with Crippen LogP contribution in [0.25, 0.3) is 0 Å². The SMILES string of the molecule is C=CCCCCOc1ccc(C(=O)Oc2ccc(OC)cc2)cc1. The zero-order chi connectivity index (χ0) is 17.2. The van der Waals surface area contributed by atoms with Crippen LogP contribution in [0.15, 0.2) is 61.2 Å². The van der Waals surface area contributed by atoms with Crippen molar-refractivity contribution in [1.82, 2.24) is 0 Å². The van der Waals surface area contributed by atoms with Crippen LogP contribution >= 0.6 is 0 Å². The molecule has 0 saturated carbocycles. The van der Waals surface area contributed by atoms with E-state index in [-0.39, 0.29) is 0 Å². The van der Waals surface area contributed by atoms with Gasteiger partial charge in [-0.3, -0.25) is 0 Å². The van der Waals surface area contributed by atoms with Crippen LogP contribution in [0.2, 0.25) is 0 Å². The number of ether oxygens (including phenoxy) is 3. The van der Waals surface area contributed by atoms with Crippen molar-refractivity contribution in [2.24, 2.45) is 0 Å². The standard InChI is InChI=1S/C20H22O4/c1-3-4-5-6-15-23-18-9-7-16(8-10-18)20(21)24-19-13-11-17(22-2)12-14-19/h3,7-14H,1,4-6,15H2,2H3. The molecule has 0 saturated heterocycles. The lowest BCUT2D eigenvalue weighted by atomic mass is 10.2. The summed E-state index contributed by atoms with van der Waals surface area (Å²) in [5.74, 6) is 1.53. The Labute approximate surface area is 142 Å². The zero-order valence-electron chi connectivity index (χ0n) is 13.9. The van der Waals surface area contributed by atoms with Crippen LogP contribution in [0.4, 0.5) is 0 Å². The third-order valence-corrected chi connectivity index (χ3v) is 3.43. The van der Waals surface area contributed by atoms with Gasteiger partial charge in [0.05, 0.1) is 19.3 Å². The Kier molecular flexibility index (Phi) is 6.90. The van der Waals surface area contributed by atoms with Crippen molar-refractivity contribution < 1.29 is 19.0 Å². The van der Waals surface area contributed by atoms with Crippen molar-refractivity contribution in [3.05, 3.63) is 66.7 Å². The van der Waals surface area contributed by atoms with E-state index in [2.05, 4.69) is 6.58 Å². The lowest BCUT2D eigenvalue weighted by molar-refractivity contribution is 0.0734. The average molecular weight is 326 g/mol. The molecule has 126 valence electrons. The molecule has 0 aliphatic carbocycles. The first-order chi connectivity index (χ1) is 11.7. The molecule has 0 aliphatic rings. The summed E-state index contributed by atoms with van der Waals surface area (Å²) in [5.41, 5.74) is 0.477. The molecule has 0 bridgehead atoms. The highest BCUT2D eigenvalue weighted by molar-refractivity contribution is 5.91. The second-order valence-corrected chi connectivity index (χ2v) is 5.22. The minimum Gasteiger partial charge on any atom is -0.497 e. The second-order valence-electron chi connectivity index (χ2n) is 5.22. The highest BCUT2D eigenvalue weighted by atomic mass is 16.5. The van der Waals surface area contributed by atoms with Crippen LogP contribution in [0.3, 0.4) is 0 Å². The normalized spacial score (nSPS) is 10.0. The van der Waals surface area contributed by atoms with E-state index < -0.39 is 5.97 Å². The summed E-state index contributed by atoms with van der Waals surface area (Å²) < 4.78 is 16.0. The van der Waals surface area contributed by atoms with E-state index in [1.807, 2.05) is 6.08 Å². The van der Waals surface area contributed by atoms with Crippen LogP contribution in [0.5, 0.6) is 17.2 Å². The lowest BCUT2D eigenvalue weighted by Gasteiger charge is -2.08. The molecule has 2 aromatic carbocycles. The van der Waals surface area contributed by atoms with Crippen LogP contribution in [-0.2, 0) is 0 Å². The van der Waals surface area contributed by atoms with Crippen molar-refractivity contribution in [1.29, 1.82) is 0 Å². The maximum atomic E-state index is 12.1. The van der Waals surface area contributed by atoms with Crippen molar-refractivity contribution in [3.63, 3.8) is 0 Å². The van der Waals surface area contributed by atoms with E-state index in [0.29, 0.717) is 23.7 Å². The summed E-state index contributed by atoms with van der Waals surface area (Å²) in [4.78, 5) is 12.1. The maximum absolute atomic E-state index is 12.1. The third kappa shape index (κ3) is 5.47. The quantitative estimate of drug-likeness (QED) is 0.291. The number of carbonyl (C=O) groups excluding carboxylic acids is 1. The Bertz CT molecular complexity index is 644. The molecule has 0 amide bonds. The van der Waals surface area contributed by atoms with Crippen molar-refractivity contribution in [3.8, 4) is 17.2 Å². The first-order valence-corrected chi connectivity index (χ1v) is 7.93. The van der Waals surface area contributed by atoms with Gasteiger partial charge >= 0.3 is 5.97 Å². The Morgan fingerprint density at radius 2 is 1.58 bits per heavy atom. The van der Waals surface area contributed by atoms with Crippen molar-refractivity contribution in [2.45, 2.75) is 19.3 Å². The van der Waals surface area contributed by atoms with Gasteiger partial charge in [0.1, 0.15) is 17.2 Å². The van der Waals surface area contributed by atoms with E-state index in [0.717, 1.165) is 25.0 Å². The van der Waals surface area contributed by atoms with E-state index in [4.69, 9.17) is 14.2 Å². The van der Waals surface area contributed by atoms with Crippen LogP contribution in [0, 0.1) is 0 Å². The number of rotatable bonds is 9. The average Bonchev–Trinajstić information content (AvgIpc) is 2.62. The summed E-state index contributed by atoms with van der Waals surface area (Å²) in [7, 11) is 1.59. The fourth-order valence-electron chi connectivity index (χ4n) is 2.08. The predicted molar refractivity (Wildman–Crippen MR) is 93.9 cm³/mol. The number of unbranched alkanes of at least 4 members (excludes halogenated alkanes) is 2.